The van der Waals surface area contributed by atoms with Gasteiger partial charge >= 0.3 is 0 Å². The molecule has 2 aromatic carbocycles. The summed E-state index contributed by atoms with van der Waals surface area (Å²) in [5, 5.41) is 11.7. The Balaban J connectivity index is 2.44. The van der Waals surface area contributed by atoms with E-state index in [9.17, 15) is 14.9 Å². The van der Waals surface area contributed by atoms with E-state index in [1.165, 1.54) is 12.1 Å². The number of hydrogen-bond donors (Lipinski definition) is 0. The SMILES string of the molecule is Cn1c(N=C=O)c(-c2ccccc2)c2cc([N+](=O)[O-])ccc21. The monoisotopic (exact) mass is 293 g/mol. The normalized spacial score (nSPS) is 10.4. The number of aryl methyl sites for hydroxylation is 1. The van der Waals surface area contributed by atoms with Gasteiger partial charge in [-0.15, -0.1) is 4.99 Å². The first-order valence-electron chi connectivity index (χ1n) is 6.53. The third-order valence-electron chi connectivity index (χ3n) is 3.58. The molecule has 3 rings (SSSR count). The van der Waals surface area contributed by atoms with Crippen LogP contribution >= 0.6 is 0 Å². The average Bonchev–Trinajstić information content (AvgIpc) is 2.81. The van der Waals surface area contributed by atoms with Crippen LogP contribution in [-0.2, 0) is 11.8 Å². The van der Waals surface area contributed by atoms with Crippen LogP contribution in [0.4, 0.5) is 11.5 Å². The summed E-state index contributed by atoms with van der Waals surface area (Å²) >= 11 is 0. The van der Waals surface area contributed by atoms with Gasteiger partial charge in [0.05, 0.1) is 10.4 Å². The predicted octanol–water partition coefficient (Wildman–Crippen LogP) is 3.72. The fraction of sp³-hybridized carbons (Fsp3) is 0.0625. The van der Waals surface area contributed by atoms with E-state index in [1.54, 1.807) is 23.8 Å². The lowest BCUT2D eigenvalue weighted by molar-refractivity contribution is -0.384. The zero-order valence-electron chi connectivity index (χ0n) is 11.7. The van der Waals surface area contributed by atoms with E-state index in [1.807, 2.05) is 30.3 Å². The first-order valence-corrected chi connectivity index (χ1v) is 6.53. The Morgan fingerprint density at radius 3 is 2.55 bits per heavy atom. The highest BCUT2D eigenvalue weighted by atomic mass is 16.6. The third kappa shape index (κ3) is 2.08. The molecule has 1 heterocycles. The van der Waals surface area contributed by atoms with E-state index in [2.05, 4.69) is 4.99 Å². The second-order valence-corrected chi connectivity index (χ2v) is 4.79. The number of nitrogens with zero attached hydrogens (tertiary/aromatic N) is 3. The molecule has 0 saturated heterocycles. The number of nitro groups is 1. The summed E-state index contributed by atoms with van der Waals surface area (Å²) < 4.78 is 1.73. The summed E-state index contributed by atoms with van der Waals surface area (Å²) in [6, 6.07) is 13.9. The van der Waals surface area contributed by atoms with E-state index < -0.39 is 4.92 Å². The standard InChI is InChI=1S/C16H11N3O3/c1-18-14-8-7-12(19(21)22)9-13(14)15(16(18)17-10-20)11-5-3-2-4-6-11/h2-9H,1H3. The summed E-state index contributed by atoms with van der Waals surface area (Å²) in [4.78, 5) is 25.1. The van der Waals surface area contributed by atoms with Crippen LogP contribution in [0, 0.1) is 10.1 Å². The number of rotatable bonds is 3. The number of fused-ring (bicyclic) bond motifs is 1. The summed E-state index contributed by atoms with van der Waals surface area (Å²) in [5.74, 6) is 0.427. The molecule has 6 nitrogen and oxygen atoms in total. The molecule has 3 aromatic rings. The van der Waals surface area contributed by atoms with Crippen LogP contribution in [0.5, 0.6) is 0 Å². The lowest BCUT2D eigenvalue weighted by Gasteiger charge is -2.01. The minimum Gasteiger partial charge on any atom is -0.328 e. The van der Waals surface area contributed by atoms with Crippen LogP contribution < -0.4 is 0 Å². The molecule has 0 aliphatic heterocycles. The lowest BCUT2D eigenvalue weighted by atomic mass is 10.0. The summed E-state index contributed by atoms with van der Waals surface area (Å²) in [6.45, 7) is 0. The van der Waals surface area contributed by atoms with Gasteiger partial charge in [-0.2, -0.15) is 0 Å². The minimum atomic E-state index is -0.441. The van der Waals surface area contributed by atoms with Gasteiger partial charge in [0.15, 0.2) is 5.82 Å². The number of non-ortho nitro benzene ring substituents is 1. The highest BCUT2D eigenvalue weighted by molar-refractivity contribution is 6.03. The number of isocyanates is 1. The van der Waals surface area contributed by atoms with Gasteiger partial charge in [0.1, 0.15) is 0 Å². The summed E-state index contributed by atoms with van der Waals surface area (Å²) in [7, 11) is 1.76. The third-order valence-corrected chi connectivity index (χ3v) is 3.58. The molecule has 22 heavy (non-hydrogen) atoms. The van der Waals surface area contributed by atoms with Gasteiger partial charge in [-0.3, -0.25) is 10.1 Å². The van der Waals surface area contributed by atoms with Gasteiger partial charge in [0, 0.05) is 30.1 Å². The Morgan fingerprint density at radius 2 is 1.91 bits per heavy atom. The van der Waals surface area contributed by atoms with E-state index in [0.29, 0.717) is 16.8 Å². The fourth-order valence-corrected chi connectivity index (χ4v) is 2.60. The van der Waals surface area contributed by atoms with Gasteiger partial charge in [-0.25, -0.2) is 4.79 Å². The molecule has 0 unspecified atom stereocenters. The lowest BCUT2D eigenvalue weighted by Crippen LogP contribution is -1.88. The Bertz CT molecular complexity index is 923. The predicted molar refractivity (Wildman–Crippen MR) is 82.8 cm³/mol. The van der Waals surface area contributed by atoms with Gasteiger partial charge in [0.2, 0.25) is 6.08 Å². The van der Waals surface area contributed by atoms with Crippen LogP contribution in [-0.4, -0.2) is 15.6 Å². The number of aliphatic imine (C=N–C) groups is 1. The largest absolute Gasteiger partial charge is 0.328 e. The van der Waals surface area contributed by atoms with Crippen molar-refractivity contribution in [3.63, 3.8) is 0 Å². The van der Waals surface area contributed by atoms with Crippen molar-refractivity contribution in [1.82, 2.24) is 4.57 Å². The Kier molecular flexibility index (Phi) is 3.29. The van der Waals surface area contributed by atoms with Crippen LogP contribution in [0.1, 0.15) is 0 Å². The van der Waals surface area contributed by atoms with Crippen molar-refractivity contribution in [2.45, 2.75) is 0 Å². The zero-order chi connectivity index (χ0) is 15.7. The molecule has 1 aromatic heterocycles. The van der Waals surface area contributed by atoms with Crippen LogP contribution in [0.3, 0.4) is 0 Å². The molecular weight excluding hydrogens is 282 g/mol. The fourth-order valence-electron chi connectivity index (χ4n) is 2.60. The molecule has 0 atom stereocenters. The van der Waals surface area contributed by atoms with Crippen LogP contribution in [0.2, 0.25) is 0 Å². The van der Waals surface area contributed by atoms with Crippen molar-refractivity contribution in [2.75, 3.05) is 0 Å². The summed E-state index contributed by atoms with van der Waals surface area (Å²) in [5.41, 5.74) is 2.28. The zero-order valence-corrected chi connectivity index (χ0v) is 11.7. The van der Waals surface area contributed by atoms with Crippen LogP contribution in [0.15, 0.2) is 53.5 Å². The molecular formula is C16H11N3O3. The molecule has 0 radical (unpaired) electrons. The van der Waals surface area contributed by atoms with Crippen molar-refractivity contribution in [2.24, 2.45) is 12.0 Å². The number of hydrogen-bond acceptors (Lipinski definition) is 4. The first-order chi connectivity index (χ1) is 10.6. The average molecular weight is 293 g/mol. The molecule has 0 saturated carbocycles. The van der Waals surface area contributed by atoms with Crippen molar-refractivity contribution in [1.29, 1.82) is 0 Å². The Morgan fingerprint density at radius 1 is 1.18 bits per heavy atom. The summed E-state index contributed by atoms with van der Waals surface area (Å²) in [6.07, 6.45) is 1.55. The maximum Gasteiger partial charge on any atom is 0.270 e. The van der Waals surface area contributed by atoms with Crippen LogP contribution in [0.25, 0.3) is 22.0 Å². The van der Waals surface area contributed by atoms with Gasteiger partial charge < -0.3 is 4.57 Å². The van der Waals surface area contributed by atoms with E-state index >= 15 is 0 Å². The van der Waals surface area contributed by atoms with Crippen molar-refractivity contribution < 1.29 is 9.72 Å². The maximum atomic E-state index is 11.0. The minimum absolute atomic E-state index is 0.00286. The number of aromatic nitrogens is 1. The van der Waals surface area contributed by atoms with Crippen molar-refractivity contribution in [3.05, 3.63) is 58.6 Å². The second-order valence-electron chi connectivity index (χ2n) is 4.79. The molecule has 6 heteroatoms. The highest BCUT2D eigenvalue weighted by Crippen LogP contribution is 2.40. The molecule has 0 N–H and O–H groups in total. The molecule has 0 fully saturated rings. The van der Waals surface area contributed by atoms with E-state index in [-0.39, 0.29) is 5.69 Å². The number of nitro benzene ring substituents is 1. The smallest absolute Gasteiger partial charge is 0.270 e. The number of benzene rings is 2. The Hall–Kier alpha value is -3.24. The van der Waals surface area contributed by atoms with Gasteiger partial charge in [-0.05, 0) is 11.6 Å². The van der Waals surface area contributed by atoms with E-state index in [4.69, 9.17) is 0 Å². The maximum absolute atomic E-state index is 11.0. The van der Waals surface area contributed by atoms with Crippen molar-refractivity contribution in [3.8, 4) is 11.1 Å². The van der Waals surface area contributed by atoms with E-state index in [0.717, 1.165) is 11.1 Å². The highest BCUT2D eigenvalue weighted by Gasteiger charge is 2.19. The Labute approximate surface area is 125 Å². The topological polar surface area (TPSA) is 77.5 Å². The second kappa shape index (κ2) is 5.27. The van der Waals surface area contributed by atoms with Gasteiger partial charge in [0.25, 0.3) is 5.69 Å². The number of carbonyl (C=O) groups excluding carboxylic acids is 1. The molecule has 0 aliphatic rings. The molecule has 0 aliphatic carbocycles. The molecule has 0 bridgehead atoms. The molecule has 0 spiro atoms. The van der Waals surface area contributed by atoms with Crippen molar-refractivity contribution >= 4 is 28.5 Å². The quantitative estimate of drug-likeness (QED) is 0.319. The molecule has 108 valence electrons. The van der Waals surface area contributed by atoms with Gasteiger partial charge in [-0.1, -0.05) is 30.3 Å². The molecule has 0 amide bonds. The first kappa shape index (κ1) is 13.7.